The number of nitrogens with zero attached hydrogens (tertiary/aromatic N) is 2. The van der Waals surface area contributed by atoms with Gasteiger partial charge in [-0.2, -0.15) is 5.10 Å². The predicted octanol–water partition coefficient (Wildman–Crippen LogP) is 3.14. The topological polar surface area (TPSA) is 46.9 Å². The van der Waals surface area contributed by atoms with E-state index in [1.165, 1.54) is 18.6 Å². The lowest BCUT2D eigenvalue weighted by Gasteiger charge is -2.34. The van der Waals surface area contributed by atoms with Crippen molar-refractivity contribution >= 4 is 5.91 Å². The molecule has 0 aliphatic heterocycles. The van der Waals surface area contributed by atoms with Crippen LogP contribution in [0.2, 0.25) is 0 Å². The fraction of sp³-hybridized carbons (Fsp3) is 0.412. The van der Waals surface area contributed by atoms with Gasteiger partial charge in [-0.05, 0) is 43.4 Å². The highest BCUT2D eigenvalue weighted by Gasteiger charge is 2.30. The van der Waals surface area contributed by atoms with Gasteiger partial charge in [0.2, 0.25) is 0 Å². The van der Waals surface area contributed by atoms with Crippen molar-refractivity contribution in [2.45, 2.75) is 32.2 Å². The molecular weight excluding hydrogens is 281 g/mol. The molecule has 1 aromatic heterocycles. The van der Waals surface area contributed by atoms with Crippen LogP contribution in [0.5, 0.6) is 0 Å². The van der Waals surface area contributed by atoms with Crippen LogP contribution in [0.4, 0.5) is 4.39 Å². The van der Waals surface area contributed by atoms with Gasteiger partial charge in [0.25, 0.3) is 5.91 Å². The third kappa shape index (κ3) is 2.75. The van der Waals surface area contributed by atoms with Gasteiger partial charge in [-0.25, -0.2) is 4.39 Å². The molecule has 1 fully saturated rings. The minimum Gasteiger partial charge on any atom is -0.345 e. The van der Waals surface area contributed by atoms with Crippen LogP contribution in [-0.4, -0.2) is 15.7 Å². The van der Waals surface area contributed by atoms with Gasteiger partial charge in [-0.3, -0.25) is 9.48 Å². The van der Waals surface area contributed by atoms with Gasteiger partial charge in [0.15, 0.2) is 0 Å². The molecule has 4 nitrogen and oxygen atoms in total. The number of carbonyl (C=O) groups excluding carboxylic acids is 1. The van der Waals surface area contributed by atoms with E-state index < -0.39 is 0 Å². The maximum atomic E-state index is 13.1. The van der Waals surface area contributed by atoms with Gasteiger partial charge in [0, 0.05) is 12.7 Å². The first-order chi connectivity index (χ1) is 10.6. The van der Waals surface area contributed by atoms with Crippen LogP contribution in [0, 0.1) is 18.7 Å². The van der Waals surface area contributed by atoms with Gasteiger partial charge in [0.1, 0.15) is 5.82 Å². The SMILES string of the molecule is Cc1c(C(=O)N[C@H](c2ccc(F)cc2)C2CCC2)cnn1C. The van der Waals surface area contributed by atoms with Crippen molar-refractivity contribution in [3.05, 3.63) is 53.1 Å². The summed E-state index contributed by atoms with van der Waals surface area (Å²) in [4.78, 5) is 12.5. The summed E-state index contributed by atoms with van der Waals surface area (Å²) in [6.07, 6.45) is 4.96. The Kier molecular flexibility index (Phi) is 3.96. The molecule has 0 saturated heterocycles. The molecule has 1 atom stereocenters. The first kappa shape index (κ1) is 14.8. The summed E-state index contributed by atoms with van der Waals surface area (Å²) in [7, 11) is 1.81. The standard InChI is InChI=1S/C17H20FN3O/c1-11-15(10-19-21(11)2)17(22)20-16(12-4-3-5-12)13-6-8-14(18)9-7-13/h6-10,12,16H,3-5H2,1-2H3,(H,20,22)/t16-/m0/s1. The fourth-order valence-electron chi connectivity index (χ4n) is 2.86. The van der Waals surface area contributed by atoms with Gasteiger partial charge < -0.3 is 5.32 Å². The minimum absolute atomic E-state index is 0.0681. The summed E-state index contributed by atoms with van der Waals surface area (Å²) in [5, 5.41) is 7.22. The van der Waals surface area contributed by atoms with Crippen LogP contribution >= 0.6 is 0 Å². The highest BCUT2D eigenvalue weighted by molar-refractivity contribution is 5.95. The van der Waals surface area contributed by atoms with E-state index in [1.807, 2.05) is 14.0 Å². The number of hydrogen-bond donors (Lipinski definition) is 1. The summed E-state index contributed by atoms with van der Waals surface area (Å²) in [5.74, 6) is 0.0451. The monoisotopic (exact) mass is 301 g/mol. The van der Waals surface area contributed by atoms with Crippen LogP contribution in [-0.2, 0) is 7.05 Å². The number of aromatic nitrogens is 2. The Labute approximate surface area is 129 Å². The molecule has 1 aromatic carbocycles. The molecule has 5 heteroatoms. The Bertz CT molecular complexity index is 674. The van der Waals surface area contributed by atoms with Crippen molar-refractivity contribution in [3.63, 3.8) is 0 Å². The van der Waals surface area contributed by atoms with Crippen molar-refractivity contribution in [2.24, 2.45) is 13.0 Å². The molecule has 1 aliphatic rings. The minimum atomic E-state index is -0.259. The summed E-state index contributed by atoms with van der Waals surface area (Å²) in [6.45, 7) is 1.87. The van der Waals surface area contributed by atoms with Gasteiger partial charge >= 0.3 is 0 Å². The van der Waals surface area contributed by atoms with Crippen LogP contribution in [0.25, 0.3) is 0 Å². The predicted molar refractivity (Wildman–Crippen MR) is 81.9 cm³/mol. The maximum Gasteiger partial charge on any atom is 0.255 e. The largest absolute Gasteiger partial charge is 0.345 e. The molecule has 1 saturated carbocycles. The van der Waals surface area contributed by atoms with Gasteiger partial charge in [-0.15, -0.1) is 0 Å². The molecular formula is C17H20FN3O. The van der Waals surface area contributed by atoms with Gasteiger partial charge in [-0.1, -0.05) is 18.6 Å². The van der Waals surface area contributed by atoms with Crippen molar-refractivity contribution in [2.75, 3.05) is 0 Å². The normalized spacial score (nSPS) is 16.1. The quantitative estimate of drug-likeness (QED) is 0.943. The van der Waals surface area contributed by atoms with E-state index >= 15 is 0 Å². The van der Waals surface area contributed by atoms with Crippen LogP contribution < -0.4 is 5.32 Å². The second-order valence-corrected chi connectivity index (χ2v) is 5.96. The van der Waals surface area contributed by atoms with E-state index in [4.69, 9.17) is 0 Å². The molecule has 2 aromatic rings. The van der Waals surface area contributed by atoms with E-state index in [0.29, 0.717) is 11.5 Å². The third-order valence-corrected chi connectivity index (χ3v) is 4.62. The summed E-state index contributed by atoms with van der Waals surface area (Å²) in [5.41, 5.74) is 2.39. The average Bonchev–Trinajstić information content (AvgIpc) is 2.77. The first-order valence-electron chi connectivity index (χ1n) is 7.61. The Morgan fingerprint density at radius 3 is 2.55 bits per heavy atom. The molecule has 1 amide bonds. The van der Waals surface area contributed by atoms with Crippen molar-refractivity contribution in [3.8, 4) is 0 Å². The number of amides is 1. The molecule has 1 heterocycles. The molecule has 22 heavy (non-hydrogen) atoms. The molecule has 1 aliphatic carbocycles. The van der Waals surface area contributed by atoms with Crippen LogP contribution in [0.1, 0.15) is 46.9 Å². The zero-order valence-electron chi connectivity index (χ0n) is 12.8. The van der Waals surface area contributed by atoms with E-state index in [-0.39, 0.29) is 17.8 Å². The molecule has 0 spiro atoms. The summed E-state index contributed by atoms with van der Waals surface area (Å²) >= 11 is 0. The highest BCUT2D eigenvalue weighted by atomic mass is 19.1. The van der Waals surface area contributed by atoms with E-state index in [0.717, 1.165) is 24.1 Å². The zero-order chi connectivity index (χ0) is 15.7. The maximum absolute atomic E-state index is 13.1. The Balaban J connectivity index is 1.82. The number of nitrogens with one attached hydrogen (secondary N) is 1. The van der Waals surface area contributed by atoms with Crippen molar-refractivity contribution in [1.29, 1.82) is 0 Å². The van der Waals surface area contributed by atoms with E-state index in [1.54, 1.807) is 23.0 Å². The number of rotatable bonds is 4. The molecule has 0 radical (unpaired) electrons. The zero-order valence-corrected chi connectivity index (χ0v) is 12.8. The lowest BCUT2D eigenvalue weighted by atomic mass is 9.77. The number of benzene rings is 1. The molecule has 0 bridgehead atoms. The van der Waals surface area contributed by atoms with Gasteiger partial charge in [0.05, 0.1) is 17.8 Å². The van der Waals surface area contributed by atoms with Crippen LogP contribution in [0.15, 0.2) is 30.5 Å². The lowest BCUT2D eigenvalue weighted by Crippen LogP contribution is -2.36. The van der Waals surface area contributed by atoms with E-state index in [2.05, 4.69) is 10.4 Å². The molecule has 1 N–H and O–H groups in total. The van der Waals surface area contributed by atoms with Crippen molar-refractivity contribution < 1.29 is 9.18 Å². The summed E-state index contributed by atoms with van der Waals surface area (Å²) in [6, 6.07) is 6.34. The number of aryl methyl sites for hydroxylation is 1. The molecule has 0 unspecified atom stereocenters. The lowest BCUT2D eigenvalue weighted by molar-refractivity contribution is 0.0900. The first-order valence-corrected chi connectivity index (χ1v) is 7.61. The third-order valence-electron chi connectivity index (χ3n) is 4.62. The fourth-order valence-corrected chi connectivity index (χ4v) is 2.86. The second-order valence-electron chi connectivity index (χ2n) is 5.96. The molecule has 116 valence electrons. The number of hydrogen-bond acceptors (Lipinski definition) is 2. The highest BCUT2D eigenvalue weighted by Crippen LogP contribution is 2.38. The summed E-state index contributed by atoms with van der Waals surface area (Å²) < 4.78 is 14.8. The van der Waals surface area contributed by atoms with Crippen molar-refractivity contribution in [1.82, 2.24) is 15.1 Å². The Hall–Kier alpha value is -2.17. The smallest absolute Gasteiger partial charge is 0.255 e. The van der Waals surface area contributed by atoms with E-state index in [9.17, 15) is 9.18 Å². The second kappa shape index (κ2) is 5.91. The molecule has 3 rings (SSSR count). The number of carbonyl (C=O) groups is 1. The Morgan fingerprint density at radius 1 is 1.36 bits per heavy atom. The van der Waals surface area contributed by atoms with Crippen LogP contribution in [0.3, 0.4) is 0 Å². The Morgan fingerprint density at radius 2 is 2.05 bits per heavy atom. The average molecular weight is 301 g/mol. The number of halogens is 1.